The van der Waals surface area contributed by atoms with Crippen LogP contribution in [0, 0.1) is 12.8 Å². The maximum Gasteiger partial charge on any atom is 0.0695 e. The van der Waals surface area contributed by atoms with Crippen LogP contribution in [-0.2, 0) is 6.54 Å². The second kappa shape index (κ2) is 8.61. The molecule has 1 aliphatic heterocycles. The highest BCUT2D eigenvalue weighted by Gasteiger charge is 2.19. The third-order valence-corrected chi connectivity index (χ3v) is 5.04. The second-order valence-electron chi connectivity index (χ2n) is 7.36. The number of aliphatic hydroxyl groups is 1. The first-order valence-electron chi connectivity index (χ1n) is 9.32. The Balaban J connectivity index is 1.46. The number of aromatic amines is 1. The number of piperidine rings is 1. The predicted molar refractivity (Wildman–Crippen MR) is 101 cm³/mol. The standard InChI is InChI=1S/C20H30N4O/c1-15-3-5-18(6-4-15)20-19(13-22-23-20)12-21-11-17-7-9-24(10-8-17)14-16(2)25/h3-6,13,16-17,21,25H,7-12,14H2,1-2H3,(H,22,23)/t16-/m0/s1. The van der Waals surface area contributed by atoms with Gasteiger partial charge in [0, 0.05) is 18.7 Å². The van der Waals surface area contributed by atoms with E-state index >= 15 is 0 Å². The van der Waals surface area contributed by atoms with Gasteiger partial charge in [0.1, 0.15) is 0 Å². The van der Waals surface area contributed by atoms with Gasteiger partial charge in [0.25, 0.3) is 0 Å². The topological polar surface area (TPSA) is 64.2 Å². The van der Waals surface area contributed by atoms with Gasteiger partial charge in [0.15, 0.2) is 0 Å². The van der Waals surface area contributed by atoms with Gasteiger partial charge in [-0.25, -0.2) is 0 Å². The molecule has 1 aliphatic rings. The fourth-order valence-corrected chi connectivity index (χ4v) is 3.57. The van der Waals surface area contributed by atoms with Gasteiger partial charge in [-0.15, -0.1) is 0 Å². The number of nitrogens with zero attached hydrogens (tertiary/aromatic N) is 2. The first kappa shape index (κ1) is 18.1. The molecule has 0 saturated carbocycles. The molecule has 0 radical (unpaired) electrons. The van der Waals surface area contributed by atoms with Crippen LogP contribution in [0.15, 0.2) is 30.5 Å². The Bertz CT molecular complexity index is 642. The van der Waals surface area contributed by atoms with Crippen molar-refractivity contribution in [2.45, 2.75) is 39.3 Å². The quantitative estimate of drug-likeness (QED) is 0.724. The number of likely N-dealkylation sites (tertiary alicyclic amines) is 1. The molecular weight excluding hydrogens is 312 g/mol. The lowest BCUT2D eigenvalue weighted by Crippen LogP contribution is -2.40. The summed E-state index contributed by atoms with van der Waals surface area (Å²) in [5, 5.41) is 20.5. The number of H-pyrrole nitrogens is 1. The van der Waals surface area contributed by atoms with Crippen LogP contribution < -0.4 is 5.32 Å². The lowest BCUT2D eigenvalue weighted by Gasteiger charge is -2.32. The van der Waals surface area contributed by atoms with E-state index in [1.807, 2.05) is 13.1 Å². The summed E-state index contributed by atoms with van der Waals surface area (Å²) >= 11 is 0. The van der Waals surface area contributed by atoms with Crippen LogP contribution in [-0.4, -0.2) is 52.5 Å². The number of nitrogens with one attached hydrogen (secondary N) is 2. The zero-order chi connectivity index (χ0) is 17.6. The van der Waals surface area contributed by atoms with Gasteiger partial charge in [-0.3, -0.25) is 5.10 Å². The summed E-state index contributed by atoms with van der Waals surface area (Å²) in [5.74, 6) is 0.722. The van der Waals surface area contributed by atoms with Crippen molar-refractivity contribution >= 4 is 0 Å². The third-order valence-electron chi connectivity index (χ3n) is 5.04. The maximum atomic E-state index is 9.49. The molecule has 0 spiro atoms. The van der Waals surface area contributed by atoms with E-state index in [0.29, 0.717) is 0 Å². The molecule has 5 nitrogen and oxygen atoms in total. The largest absolute Gasteiger partial charge is 0.392 e. The zero-order valence-electron chi connectivity index (χ0n) is 15.3. The lowest BCUT2D eigenvalue weighted by molar-refractivity contribution is 0.0998. The van der Waals surface area contributed by atoms with E-state index in [-0.39, 0.29) is 6.10 Å². The van der Waals surface area contributed by atoms with Crippen LogP contribution in [0.25, 0.3) is 11.3 Å². The minimum absolute atomic E-state index is 0.226. The Kier molecular flexibility index (Phi) is 6.24. The summed E-state index contributed by atoms with van der Waals surface area (Å²) in [5.41, 5.74) is 4.78. The Hall–Kier alpha value is -1.69. The maximum absolute atomic E-state index is 9.49. The molecule has 0 bridgehead atoms. The first-order valence-corrected chi connectivity index (χ1v) is 9.32. The molecule has 1 aromatic carbocycles. The Morgan fingerprint density at radius 3 is 2.68 bits per heavy atom. The van der Waals surface area contributed by atoms with E-state index in [1.54, 1.807) is 0 Å². The SMILES string of the molecule is Cc1ccc(-c2[nH]ncc2CNCC2CCN(C[C@H](C)O)CC2)cc1. The van der Waals surface area contributed by atoms with Crippen molar-refractivity contribution in [3.63, 3.8) is 0 Å². The fraction of sp³-hybridized carbons (Fsp3) is 0.550. The molecule has 5 heteroatoms. The number of hydrogen-bond acceptors (Lipinski definition) is 4. The van der Waals surface area contributed by atoms with Gasteiger partial charge in [0.05, 0.1) is 18.0 Å². The molecule has 1 saturated heterocycles. The van der Waals surface area contributed by atoms with Gasteiger partial charge in [0.2, 0.25) is 0 Å². The molecule has 0 amide bonds. The van der Waals surface area contributed by atoms with E-state index in [2.05, 4.69) is 51.6 Å². The molecule has 1 aromatic heterocycles. The normalized spacial score (nSPS) is 17.7. The van der Waals surface area contributed by atoms with Crippen molar-refractivity contribution in [3.05, 3.63) is 41.6 Å². The zero-order valence-corrected chi connectivity index (χ0v) is 15.3. The van der Waals surface area contributed by atoms with Crippen LogP contribution in [0.5, 0.6) is 0 Å². The monoisotopic (exact) mass is 342 g/mol. The van der Waals surface area contributed by atoms with Crippen molar-refractivity contribution in [1.82, 2.24) is 20.4 Å². The van der Waals surface area contributed by atoms with E-state index in [9.17, 15) is 5.11 Å². The Morgan fingerprint density at radius 2 is 2.00 bits per heavy atom. The Morgan fingerprint density at radius 1 is 1.28 bits per heavy atom. The second-order valence-corrected chi connectivity index (χ2v) is 7.36. The van der Waals surface area contributed by atoms with Gasteiger partial charge in [-0.2, -0.15) is 5.10 Å². The summed E-state index contributed by atoms with van der Waals surface area (Å²) in [6.07, 6.45) is 4.11. The fourth-order valence-electron chi connectivity index (χ4n) is 3.57. The van der Waals surface area contributed by atoms with Crippen molar-refractivity contribution in [2.24, 2.45) is 5.92 Å². The number of rotatable bonds is 7. The molecule has 0 aliphatic carbocycles. The van der Waals surface area contributed by atoms with E-state index < -0.39 is 0 Å². The van der Waals surface area contributed by atoms with E-state index in [4.69, 9.17) is 0 Å². The predicted octanol–water partition coefficient (Wildman–Crippen LogP) is 2.57. The molecule has 3 rings (SSSR count). The molecule has 2 heterocycles. The summed E-state index contributed by atoms with van der Waals surface area (Å²) < 4.78 is 0. The third kappa shape index (κ3) is 5.14. The number of aliphatic hydroxyl groups excluding tert-OH is 1. The van der Waals surface area contributed by atoms with Crippen LogP contribution in [0.4, 0.5) is 0 Å². The number of benzene rings is 1. The Labute approximate surface area is 150 Å². The number of aryl methyl sites for hydroxylation is 1. The van der Waals surface area contributed by atoms with Crippen molar-refractivity contribution in [3.8, 4) is 11.3 Å². The van der Waals surface area contributed by atoms with Crippen LogP contribution >= 0.6 is 0 Å². The smallest absolute Gasteiger partial charge is 0.0695 e. The van der Waals surface area contributed by atoms with Gasteiger partial charge >= 0.3 is 0 Å². The van der Waals surface area contributed by atoms with Gasteiger partial charge < -0.3 is 15.3 Å². The first-order chi connectivity index (χ1) is 12.1. The minimum Gasteiger partial charge on any atom is -0.392 e. The van der Waals surface area contributed by atoms with Crippen molar-refractivity contribution in [2.75, 3.05) is 26.2 Å². The van der Waals surface area contributed by atoms with Crippen LogP contribution in [0.1, 0.15) is 30.9 Å². The van der Waals surface area contributed by atoms with Crippen molar-refractivity contribution in [1.29, 1.82) is 0 Å². The number of β-amino-alcohol motifs (C(OH)–C–C–N with tert-alkyl or cyclic N) is 1. The van der Waals surface area contributed by atoms with E-state index in [0.717, 1.165) is 44.3 Å². The molecule has 3 N–H and O–H groups in total. The lowest BCUT2D eigenvalue weighted by atomic mass is 9.96. The highest BCUT2D eigenvalue weighted by atomic mass is 16.3. The molecule has 136 valence electrons. The summed E-state index contributed by atoms with van der Waals surface area (Å²) in [7, 11) is 0. The van der Waals surface area contributed by atoms with Gasteiger partial charge in [-0.05, 0) is 57.8 Å². The minimum atomic E-state index is -0.226. The molecule has 1 atom stereocenters. The summed E-state index contributed by atoms with van der Waals surface area (Å²) in [4.78, 5) is 2.37. The molecule has 25 heavy (non-hydrogen) atoms. The molecular formula is C20H30N4O. The number of aromatic nitrogens is 2. The molecule has 1 fully saturated rings. The summed E-state index contributed by atoms with van der Waals surface area (Å²) in [6.45, 7) is 8.84. The number of hydrogen-bond donors (Lipinski definition) is 3. The summed E-state index contributed by atoms with van der Waals surface area (Å²) in [6, 6.07) is 8.55. The average Bonchev–Trinajstić information content (AvgIpc) is 3.05. The highest BCUT2D eigenvalue weighted by molar-refractivity contribution is 5.62. The molecule has 2 aromatic rings. The average molecular weight is 342 g/mol. The molecule has 0 unspecified atom stereocenters. The highest BCUT2D eigenvalue weighted by Crippen LogP contribution is 2.22. The van der Waals surface area contributed by atoms with Gasteiger partial charge in [-0.1, -0.05) is 29.8 Å². The van der Waals surface area contributed by atoms with E-state index in [1.165, 1.54) is 29.5 Å². The van der Waals surface area contributed by atoms with Crippen molar-refractivity contribution < 1.29 is 5.11 Å². The van der Waals surface area contributed by atoms with Crippen LogP contribution in [0.3, 0.4) is 0 Å². The van der Waals surface area contributed by atoms with Crippen LogP contribution in [0.2, 0.25) is 0 Å².